The highest BCUT2D eigenvalue weighted by Crippen LogP contribution is 2.09. The van der Waals surface area contributed by atoms with E-state index in [0.717, 1.165) is 49.0 Å². The van der Waals surface area contributed by atoms with Crippen LogP contribution in [0.25, 0.3) is 0 Å². The molecule has 4 nitrogen and oxygen atoms in total. The molecule has 1 saturated heterocycles. The van der Waals surface area contributed by atoms with Crippen molar-refractivity contribution < 1.29 is 14.4 Å². The Kier molecular flexibility index (Phi) is 6.55. The SMILES string of the molecule is OCC[C@@H]1CN(C(=S)Nc2ccccc2)CC[NH+]1Cc1ccc(F)cc1. The quantitative estimate of drug-likeness (QED) is 0.697. The molecule has 0 aromatic heterocycles. The second kappa shape index (κ2) is 9.07. The molecule has 1 aliphatic rings. The highest BCUT2D eigenvalue weighted by atomic mass is 32.1. The largest absolute Gasteiger partial charge is 0.396 e. The molecule has 1 aliphatic heterocycles. The van der Waals surface area contributed by atoms with Gasteiger partial charge in [0.2, 0.25) is 0 Å². The molecular formula is C20H25FN3OS+. The minimum absolute atomic E-state index is 0.157. The predicted molar refractivity (Wildman–Crippen MR) is 106 cm³/mol. The highest BCUT2D eigenvalue weighted by Gasteiger charge is 2.31. The van der Waals surface area contributed by atoms with Crippen molar-refractivity contribution in [3.63, 3.8) is 0 Å². The fourth-order valence-corrected chi connectivity index (χ4v) is 3.71. The first-order valence-corrected chi connectivity index (χ1v) is 9.37. The van der Waals surface area contributed by atoms with Crippen LogP contribution in [-0.2, 0) is 6.54 Å². The van der Waals surface area contributed by atoms with Crippen molar-refractivity contribution in [2.75, 3.05) is 31.6 Å². The first-order valence-electron chi connectivity index (χ1n) is 8.96. The molecule has 3 rings (SSSR count). The van der Waals surface area contributed by atoms with E-state index in [1.54, 1.807) is 0 Å². The molecule has 26 heavy (non-hydrogen) atoms. The van der Waals surface area contributed by atoms with Gasteiger partial charge in [-0.25, -0.2) is 4.39 Å². The Hall–Kier alpha value is -2.02. The summed E-state index contributed by atoms with van der Waals surface area (Å²) in [4.78, 5) is 3.58. The van der Waals surface area contributed by atoms with E-state index in [-0.39, 0.29) is 18.5 Å². The lowest BCUT2D eigenvalue weighted by molar-refractivity contribution is -0.943. The smallest absolute Gasteiger partial charge is 0.173 e. The van der Waals surface area contributed by atoms with Gasteiger partial charge in [0.25, 0.3) is 0 Å². The molecule has 0 radical (unpaired) electrons. The topological polar surface area (TPSA) is 39.9 Å². The summed E-state index contributed by atoms with van der Waals surface area (Å²) >= 11 is 5.58. The third kappa shape index (κ3) is 5.00. The van der Waals surface area contributed by atoms with Gasteiger partial charge in [-0.1, -0.05) is 30.3 Å². The lowest BCUT2D eigenvalue weighted by Crippen LogP contribution is -3.17. The Labute approximate surface area is 159 Å². The summed E-state index contributed by atoms with van der Waals surface area (Å²) in [6.45, 7) is 3.58. The Morgan fingerprint density at radius 2 is 1.92 bits per heavy atom. The molecule has 0 amide bonds. The van der Waals surface area contributed by atoms with Gasteiger partial charge < -0.3 is 20.2 Å². The number of para-hydroxylation sites is 1. The van der Waals surface area contributed by atoms with Crippen LogP contribution in [0.3, 0.4) is 0 Å². The van der Waals surface area contributed by atoms with Crippen LogP contribution in [0.4, 0.5) is 10.1 Å². The third-order valence-corrected chi connectivity index (χ3v) is 5.22. The number of anilines is 1. The van der Waals surface area contributed by atoms with Crippen LogP contribution >= 0.6 is 12.2 Å². The summed E-state index contributed by atoms with van der Waals surface area (Å²) in [7, 11) is 0. The van der Waals surface area contributed by atoms with Gasteiger partial charge in [0.15, 0.2) is 5.11 Å². The van der Waals surface area contributed by atoms with Gasteiger partial charge in [0, 0.05) is 24.3 Å². The normalized spacial score (nSPS) is 20.0. The average molecular weight is 375 g/mol. The summed E-state index contributed by atoms with van der Waals surface area (Å²) < 4.78 is 13.1. The van der Waals surface area contributed by atoms with Crippen molar-refractivity contribution in [1.82, 2.24) is 4.90 Å². The van der Waals surface area contributed by atoms with Crippen molar-refractivity contribution in [2.24, 2.45) is 0 Å². The van der Waals surface area contributed by atoms with Crippen LogP contribution in [-0.4, -0.2) is 47.4 Å². The standard InChI is InChI=1S/C20H24FN3OS/c21-17-8-6-16(7-9-17)14-23-11-12-24(15-19(23)10-13-25)20(26)22-18-4-2-1-3-5-18/h1-9,19,25H,10-15H2,(H,22,26)/p+1/t19-/m1/s1. The fourth-order valence-electron chi connectivity index (χ4n) is 3.43. The maximum absolute atomic E-state index is 13.1. The lowest BCUT2D eigenvalue weighted by Gasteiger charge is -2.39. The van der Waals surface area contributed by atoms with Crippen molar-refractivity contribution in [3.05, 3.63) is 66.0 Å². The number of rotatable bonds is 5. The van der Waals surface area contributed by atoms with Gasteiger partial charge in [-0.2, -0.15) is 0 Å². The van der Waals surface area contributed by atoms with E-state index in [1.807, 2.05) is 42.5 Å². The molecule has 2 aromatic carbocycles. The van der Waals surface area contributed by atoms with E-state index in [0.29, 0.717) is 0 Å². The summed E-state index contributed by atoms with van der Waals surface area (Å²) in [5, 5.41) is 13.5. The summed E-state index contributed by atoms with van der Waals surface area (Å²) in [5.74, 6) is -0.210. The number of quaternary nitrogens is 1. The van der Waals surface area contributed by atoms with Crippen LogP contribution < -0.4 is 10.2 Å². The van der Waals surface area contributed by atoms with Crippen molar-refractivity contribution in [2.45, 2.75) is 19.0 Å². The number of aliphatic hydroxyl groups excluding tert-OH is 1. The number of halogens is 1. The first-order chi connectivity index (χ1) is 12.7. The Morgan fingerprint density at radius 3 is 2.62 bits per heavy atom. The third-order valence-electron chi connectivity index (χ3n) is 4.86. The van der Waals surface area contributed by atoms with Gasteiger partial charge in [-0.05, 0) is 36.5 Å². The maximum Gasteiger partial charge on any atom is 0.173 e. The number of thiocarbonyl (C=S) groups is 1. The molecule has 6 heteroatoms. The number of hydrogen-bond donors (Lipinski definition) is 3. The molecule has 0 spiro atoms. The Morgan fingerprint density at radius 1 is 1.19 bits per heavy atom. The van der Waals surface area contributed by atoms with Gasteiger partial charge >= 0.3 is 0 Å². The zero-order chi connectivity index (χ0) is 18.4. The second-order valence-corrected chi connectivity index (χ2v) is 7.05. The number of nitrogens with zero attached hydrogens (tertiary/aromatic N) is 1. The Balaban J connectivity index is 1.61. The number of aliphatic hydroxyl groups is 1. The summed E-state index contributed by atoms with van der Waals surface area (Å²) in [5.41, 5.74) is 2.10. The predicted octanol–water partition coefficient (Wildman–Crippen LogP) is 1.67. The van der Waals surface area contributed by atoms with Crippen LogP contribution in [0, 0.1) is 5.82 Å². The molecule has 0 aliphatic carbocycles. The van der Waals surface area contributed by atoms with Crippen LogP contribution in [0.1, 0.15) is 12.0 Å². The summed E-state index contributed by atoms with van der Waals surface area (Å²) in [6, 6.07) is 16.9. The second-order valence-electron chi connectivity index (χ2n) is 6.66. The first kappa shape index (κ1) is 18.8. The fraction of sp³-hybridized carbons (Fsp3) is 0.350. The van der Waals surface area contributed by atoms with Gasteiger partial charge in [-0.15, -0.1) is 0 Å². The van der Waals surface area contributed by atoms with Gasteiger partial charge in [-0.3, -0.25) is 0 Å². The van der Waals surface area contributed by atoms with E-state index in [1.165, 1.54) is 17.0 Å². The molecule has 2 atom stereocenters. The van der Waals surface area contributed by atoms with Crippen LogP contribution in [0.15, 0.2) is 54.6 Å². The molecule has 138 valence electrons. The minimum atomic E-state index is -0.210. The average Bonchev–Trinajstić information content (AvgIpc) is 2.66. The molecule has 3 N–H and O–H groups in total. The molecule has 2 aromatic rings. The van der Waals surface area contributed by atoms with Crippen LogP contribution in [0.5, 0.6) is 0 Å². The van der Waals surface area contributed by atoms with E-state index in [9.17, 15) is 9.50 Å². The summed E-state index contributed by atoms with van der Waals surface area (Å²) in [6.07, 6.45) is 0.723. The molecule has 0 saturated carbocycles. The zero-order valence-electron chi connectivity index (χ0n) is 14.7. The van der Waals surface area contributed by atoms with Crippen molar-refractivity contribution in [3.8, 4) is 0 Å². The van der Waals surface area contributed by atoms with Crippen molar-refractivity contribution >= 4 is 23.0 Å². The number of benzene rings is 2. The van der Waals surface area contributed by atoms with Crippen LogP contribution in [0.2, 0.25) is 0 Å². The Bertz CT molecular complexity index is 711. The monoisotopic (exact) mass is 374 g/mol. The van der Waals surface area contributed by atoms with E-state index < -0.39 is 0 Å². The number of hydrogen-bond acceptors (Lipinski definition) is 2. The molecule has 1 heterocycles. The lowest BCUT2D eigenvalue weighted by atomic mass is 10.1. The molecular weight excluding hydrogens is 349 g/mol. The van der Waals surface area contributed by atoms with E-state index in [2.05, 4.69) is 10.2 Å². The van der Waals surface area contributed by atoms with E-state index >= 15 is 0 Å². The van der Waals surface area contributed by atoms with E-state index in [4.69, 9.17) is 12.2 Å². The number of nitrogens with one attached hydrogen (secondary N) is 2. The maximum atomic E-state index is 13.1. The highest BCUT2D eigenvalue weighted by molar-refractivity contribution is 7.80. The zero-order valence-corrected chi connectivity index (χ0v) is 15.5. The molecule has 1 fully saturated rings. The number of piperazine rings is 1. The van der Waals surface area contributed by atoms with Crippen molar-refractivity contribution in [1.29, 1.82) is 0 Å². The molecule has 1 unspecified atom stereocenters. The molecule has 0 bridgehead atoms. The van der Waals surface area contributed by atoms with Gasteiger partial charge in [0.05, 0.1) is 19.6 Å². The minimum Gasteiger partial charge on any atom is -0.396 e. The van der Waals surface area contributed by atoms with Gasteiger partial charge in [0.1, 0.15) is 18.4 Å².